The summed E-state index contributed by atoms with van der Waals surface area (Å²) in [7, 11) is 0. The SMILES string of the molecule is Cl.O=C(NO)c1cnc(N2CCC3(CCN(Cc4cccnc4)C3)CC2)nc1. The number of nitrogens with zero attached hydrogens (tertiary/aromatic N) is 5. The number of likely N-dealkylation sites (tertiary alicyclic amines) is 1. The number of piperidine rings is 1. The van der Waals surface area contributed by atoms with Crippen LogP contribution in [0.2, 0.25) is 0 Å². The molecule has 0 atom stereocenters. The second kappa shape index (κ2) is 8.81. The van der Waals surface area contributed by atoms with Crippen molar-refractivity contribution < 1.29 is 10.0 Å². The summed E-state index contributed by atoms with van der Waals surface area (Å²) in [5.41, 5.74) is 3.50. The van der Waals surface area contributed by atoms with Gasteiger partial charge in [-0.15, -0.1) is 12.4 Å². The van der Waals surface area contributed by atoms with Crippen molar-refractivity contribution in [1.29, 1.82) is 0 Å². The van der Waals surface area contributed by atoms with E-state index < -0.39 is 5.91 Å². The average molecular weight is 405 g/mol. The van der Waals surface area contributed by atoms with Gasteiger partial charge in [-0.3, -0.25) is 19.9 Å². The molecule has 4 rings (SSSR count). The molecule has 0 unspecified atom stereocenters. The van der Waals surface area contributed by atoms with Crippen LogP contribution in [0.25, 0.3) is 0 Å². The van der Waals surface area contributed by atoms with E-state index in [1.54, 1.807) is 5.48 Å². The molecule has 2 saturated heterocycles. The molecule has 1 spiro atoms. The van der Waals surface area contributed by atoms with Crippen LogP contribution in [0.5, 0.6) is 0 Å². The standard InChI is InChI=1S/C19H24N6O2.ClH/c26-17(23-27)16-11-21-18(22-12-16)25-8-4-19(5-9-25)3-7-24(14-19)13-15-2-1-6-20-10-15;/h1-2,6,10-12,27H,3-5,7-9,13-14H2,(H,23,26);1H. The molecule has 28 heavy (non-hydrogen) atoms. The first-order valence-corrected chi connectivity index (χ1v) is 9.30. The van der Waals surface area contributed by atoms with Gasteiger partial charge in [-0.1, -0.05) is 6.07 Å². The van der Waals surface area contributed by atoms with E-state index in [-0.39, 0.29) is 18.0 Å². The van der Waals surface area contributed by atoms with E-state index in [9.17, 15) is 4.79 Å². The third-order valence-corrected chi connectivity index (χ3v) is 5.76. The van der Waals surface area contributed by atoms with Crippen molar-refractivity contribution in [2.24, 2.45) is 5.41 Å². The van der Waals surface area contributed by atoms with Gasteiger partial charge in [0.05, 0.1) is 5.56 Å². The van der Waals surface area contributed by atoms with Crippen LogP contribution in [0.15, 0.2) is 36.9 Å². The van der Waals surface area contributed by atoms with Crippen molar-refractivity contribution in [3.05, 3.63) is 48.0 Å². The molecule has 0 saturated carbocycles. The van der Waals surface area contributed by atoms with Gasteiger partial charge in [0.25, 0.3) is 5.91 Å². The predicted molar refractivity (Wildman–Crippen MR) is 107 cm³/mol. The lowest BCUT2D eigenvalue weighted by Gasteiger charge is -2.39. The van der Waals surface area contributed by atoms with Gasteiger partial charge in [0.1, 0.15) is 0 Å². The van der Waals surface area contributed by atoms with Gasteiger partial charge in [0.15, 0.2) is 0 Å². The van der Waals surface area contributed by atoms with Crippen molar-refractivity contribution in [3.8, 4) is 0 Å². The van der Waals surface area contributed by atoms with E-state index in [0.717, 1.165) is 45.6 Å². The first-order valence-electron chi connectivity index (χ1n) is 9.30. The van der Waals surface area contributed by atoms with Gasteiger partial charge in [0.2, 0.25) is 5.95 Å². The smallest absolute Gasteiger partial charge is 0.277 e. The predicted octanol–water partition coefficient (Wildman–Crippen LogP) is 1.90. The van der Waals surface area contributed by atoms with Crippen LogP contribution < -0.4 is 10.4 Å². The maximum atomic E-state index is 11.4. The normalized spacial score (nSPS) is 18.7. The number of nitrogens with one attached hydrogen (secondary N) is 1. The Hall–Kier alpha value is -2.29. The third kappa shape index (κ3) is 4.40. The molecular weight excluding hydrogens is 380 g/mol. The second-order valence-electron chi connectivity index (χ2n) is 7.52. The summed E-state index contributed by atoms with van der Waals surface area (Å²) >= 11 is 0. The molecule has 0 aromatic carbocycles. The van der Waals surface area contributed by atoms with Crippen LogP contribution in [-0.4, -0.2) is 57.1 Å². The summed E-state index contributed by atoms with van der Waals surface area (Å²) in [4.78, 5) is 28.9. The van der Waals surface area contributed by atoms with Crippen LogP contribution >= 0.6 is 12.4 Å². The number of carbonyl (C=O) groups excluding carboxylic acids is 1. The number of aromatic nitrogens is 3. The number of pyridine rings is 1. The minimum Gasteiger partial charge on any atom is -0.341 e. The second-order valence-corrected chi connectivity index (χ2v) is 7.52. The Kier molecular flexibility index (Phi) is 6.43. The first kappa shape index (κ1) is 20.4. The maximum absolute atomic E-state index is 11.4. The molecule has 2 aromatic rings. The molecule has 4 heterocycles. The highest BCUT2D eigenvalue weighted by Crippen LogP contribution is 2.41. The lowest BCUT2D eigenvalue weighted by atomic mass is 9.78. The number of hydrogen-bond acceptors (Lipinski definition) is 7. The largest absolute Gasteiger partial charge is 0.341 e. The average Bonchev–Trinajstić information content (AvgIpc) is 3.11. The Labute approximate surface area is 170 Å². The van der Waals surface area contributed by atoms with Gasteiger partial charge >= 0.3 is 0 Å². The quantitative estimate of drug-likeness (QED) is 0.593. The van der Waals surface area contributed by atoms with Gasteiger partial charge in [0, 0.05) is 51.0 Å². The zero-order chi connectivity index (χ0) is 18.7. The number of anilines is 1. The van der Waals surface area contributed by atoms with Crippen molar-refractivity contribution in [2.45, 2.75) is 25.8 Å². The summed E-state index contributed by atoms with van der Waals surface area (Å²) in [5, 5.41) is 8.67. The van der Waals surface area contributed by atoms with Crippen LogP contribution in [0.4, 0.5) is 5.95 Å². The number of halogens is 1. The maximum Gasteiger partial charge on any atom is 0.277 e. The highest BCUT2D eigenvalue weighted by atomic mass is 35.5. The van der Waals surface area contributed by atoms with Gasteiger partial charge in [-0.2, -0.15) is 0 Å². The molecule has 2 N–H and O–H groups in total. The Balaban J connectivity index is 0.00000225. The van der Waals surface area contributed by atoms with E-state index >= 15 is 0 Å². The van der Waals surface area contributed by atoms with Crippen LogP contribution in [0, 0.1) is 5.41 Å². The molecule has 0 bridgehead atoms. The fourth-order valence-corrected chi connectivity index (χ4v) is 4.17. The van der Waals surface area contributed by atoms with Crippen LogP contribution in [0.1, 0.15) is 35.2 Å². The Morgan fingerprint density at radius 1 is 1.14 bits per heavy atom. The summed E-state index contributed by atoms with van der Waals surface area (Å²) in [6.07, 6.45) is 10.1. The Bertz CT molecular complexity index is 781. The monoisotopic (exact) mass is 404 g/mol. The summed E-state index contributed by atoms with van der Waals surface area (Å²) < 4.78 is 0. The number of hydroxylamine groups is 1. The Morgan fingerprint density at radius 2 is 1.86 bits per heavy atom. The van der Waals surface area contributed by atoms with E-state index in [0.29, 0.717) is 11.4 Å². The summed E-state index contributed by atoms with van der Waals surface area (Å²) in [6.45, 7) is 5.08. The minimum atomic E-state index is -0.598. The van der Waals surface area contributed by atoms with E-state index in [1.807, 2.05) is 18.5 Å². The molecule has 2 aliphatic heterocycles. The third-order valence-electron chi connectivity index (χ3n) is 5.76. The number of rotatable bonds is 4. The summed E-state index contributed by atoms with van der Waals surface area (Å²) in [5.74, 6) is 0.0448. The van der Waals surface area contributed by atoms with Gasteiger partial charge in [-0.25, -0.2) is 15.4 Å². The van der Waals surface area contributed by atoms with Crippen molar-refractivity contribution in [1.82, 2.24) is 25.3 Å². The first-order chi connectivity index (χ1) is 13.2. The molecule has 9 heteroatoms. The van der Waals surface area contributed by atoms with Crippen molar-refractivity contribution in [2.75, 3.05) is 31.1 Å². The molecule has 150 valence electrons. The molecule has 1 amide bonds. The lowest BCUT2D eigenvalue weighted by Crippen LogP contribution is -2.42. The molecule has 2 aliphatic rings. The van der Waals surface area contributed by atoms with E-state index in [4.69, 9.17) is 5.21 Å². The zero-order valence-corrected chi connectivity index (χ0v) is 16.4. The molecule has 0 aliphatic carbocycles. The molecule has 2 aromatic heterocycles. The topological polar surface area (TPSA) is 94.5 Å². The van der Waals surface area contributed by atoms with Gasteiger partial charge < -0.3 is 4.90 Å². The fourth-order valence-electron chi connectivity index (χ4n) is 4.17. The molecule has 2 fully saturated rings. The zero-order valence-electron chi connectivity index (χ0n) is 15.6. The highest BCUT2D eigenvalue weighted by Gasteiger charge is 2.40. The molecule has 8 nitrogen and oxygen atoms in total. The number of hydrogen-bond donors (Lipinski definition) is 2. The van der Waals surface area contributed by atoms with E-state index in [2.05, 4.69) is 30.8 Å². The van der Waals surface area contributed by atoms with E-state index in [1.165, 1.54) is 24.4 Å². The minimum absolute atomic E-state index is 0. The number of carbonyl (C=O) groups is 1. The molecule has 0 radical (unpaired) electrons. The van der Waals surface area contributed by atoms with Crippen LogP contribution in [0.3, 0.4) is 0 Å². The lowest BCUT2D eigenvalue weighted by molar-refractivity contribution is 0.0705. The highest BCUT2D eigenvalue weighted by molar-refractivity contribution is 5.92. The van der Waals surface area contributed by atoms with Gasteiger partial charge in [-0.05, 0) is 42.9 Å². The molecular formula is C19H25ClN6O2. The van der Waals surface area contributed by atoms with Crippen molar-refractivity contribution in [3.63, 3.8) is 0 Å². The van der Waals surface area contributed by atoms with Crippen LogP contribution in [-0.2, 0) is 6.54 Å². The summed E-state index contributed by atoms with van der Waals surface area (Å²) in [6, 6.07) is 4.13. The fraction of sp³-hybridized carbons (Fsp3) is 0.474. The number of amides is 1. The Morgan fingerprint density at radius 3 is 2.50 bits per heavy atom. The van der Waals surface area contributed by atoms with Crippen molar-refractivity contribution >= 4 is 24.3 Å².